The summed E-state index contributed by atoms with van der Waals surface area (Å²) < 4.78 is 77.8. The smallest absolute Gasteiger partial charge is 0.238 e. The first kappa shape index (κ1) is 24.6. The van der Waals surface area contributed by atoms with Gasteiger partial charge in [-0.05, 0) is 64.6 Å². The predicted molar refractivity (Wildman–Crippen MR) is 230 cm³/mol. The van der Waals surface area contributed by atoms with Crippen LogP contribution in [-0.4, -0.2) is 24.1 Å². The van der Waals surface area contributed by atoms with Crippen molar-refractivity contribution in [2.45, 2.75) is 0 Å². The van der Waals surface area contributed by atoms with Gasteiger partial charge in [-0.3, -0.25) is 4.57 Å². The summed E-state index contributed by atoms with van der Waals surface area (Å²) in [5.74, 6) is 0.593. The first-order chi connectivity index (χ1) is 31.1. The third-order valence-electron chi connectivity index (χ3n) is 10.1. The van der Waals surface area contributed by atoms with Gasteiger partial charge >= 0.3 is 0 Å². The van der Waals surface area contributed by atoms with Crippen LogP contribution in [0.3, 0.4) is 0 Å². The number of benzene rings is 8. The van der Waals surface area contributed by atoms with Crippen LogP contribution in [0.15, 0.2) is 200 Å². The van der Waals surface area contributed by atoms with Crippen LogP contribution >= 0.6 is 0 Å². The summed E-state index contributed by atoms with van der Waals surface area (Å²) in [4.78, 5) is 15.2. The van der Waals surface area contributed by atoms with E-state index in [1.54, 1.807) is 16.7 Å². The van der Waals surface area contributed by atoms with Gasteiger partial charge in [-0.1, -0.05) is 158 Å². The van der Waals surface area contributed by atoms with Gasteiger partial charge in [-0.2, -0.15) is 9.97 Å². The molecule has 0 aliphatic carbocycles. The third kappa shape index (κ3) is 5.29. The van der Waals surface area contributed by atoms with Crippen LogP contribution in [0.1, 0.15) is 11.0 Å². The highest BCUT2D eigenvalue weighted by molar-refractivity contribution is 6.18. The molecule has 11 rings (SSSR count). The van der Waals surface area contributed by atoms with Crippen molar-refractivity contribution in [1.29, 1.82) is 0 Å². The zero-order valence-corrected chi connectivity index (χ0v) is 29.7. The minimum absolute atomic E-state index is 0.00962. The number of para-hydroxylation sites is 3. The third-order valence-corrected chi connectivity index (χ3v) is 10.1. The largest absolute Gasteiger partial charge is 0.309 e. The van der Waals surface area contributed by atoms with Crippen molar-refractivity contribution in [3.8, 4) is 56.7 Å². The zero-order valence-electron chi connectivity index (χ0n) is 37.7. The molecule has 3 heterocycles. The Morgan fingerprint density at radius 1 is 0.357 bits per heavy atom. The maximum atomic E-state index is 10.1. The molecule has 0 saturated heterocycles. The minimum atomic E-state index is -0.248. The Balaban J connectivity index is 1.28. The fraction of sp³-hybridized carbons (Fsp3) is 0. The number of hydrogen-bond acceptors (Lipinski definition) is 3. The SMILES string of the molecule is [2H]c1cc([2H])c2c(c1[2H])c1c([2H])c3c(c([2H])c1n2-c1ccccc1)c1c([2H])c([2H])cc([2H])c1n3-c1nc(-c2ccc(-c3ccccc3)cc2)nc(-c2cccc(-c3ccccc3)c2)n1. The van der Waals surface area contributed by atoms with Crippen LogP contribution in [0.25, 0.3) is 100 Å². The van der Waals surface area contributed by atoms with E-state index in [1.165, 1.54) is 16.7 Å². The Labute approximate surface area is 334 Å². The van der Waals surface area contributed by atoms with Crippen LogP contribution in [0.2, 0.25) is 0 Å². The van der Waals surface area contributed by atoms with Crippen molar-refractivity contribution in [2.24, 2.45) is 0 Å². The van der Waals surface area contributed by atoms with Crippen molar-refractivity contribution >= 4 is 43.6 Å². The van der Waals surface area contributed by atoms with E-state index in [0.717, 1.165) is 22.3 Å². The summed E-state index contributed by atoms with van der Waals surface area (Å²) in [6.07, 6.45) is 0. The summed E-state index contributed by atoms with van der Waals surface area (Å²) in [6.45, 7) is 0. The number of fused-ring (bicyclic) bond motifs is 6. The number of rotatable bonds is 6. The first-order valence-electron chi connectivity index (χ1n) is 22.2. The van der Waals surface area contributed by atoms with E-state index in [0.29, 0.717) is 28.5 Å². The molecule has 0 amide bonds. The summed E-state index contributed by atoms with van der Waals surface area (Å²) in [5, 5.41) is 0.517. The van der Waals surface area contributed by atoms with E-state index in [2.05, 4.69) is 0 Å². The Bertz CT molecular complexity index is 3690. The molecular formula is C51H33N5. The van der Waals surface area contributed by atoms with Gasteiger partial charge in [0, 0.05) is 38.4 Å². The van der Waals surface area contributed by atoms with Gasteiger partial charge < -0.3 is 4.57 Å². The average Bonchev–Trinajstić information content (AvgIpc) is 3.90. The zero-order chi connectivity index (χ0) is 44.0. The lowest BCUT2D eigenvalue weighted by Gasteiger charge is -2.12. The van der Waals surface area contributed by atoms with E-state index >= 15 is 0 Å². The quantitative estimate of drug-likeness (QED) is 0.172. The lowest BCUT2D eigenvalue weighted by Crippen LogP contribution is -2.06. The average molecular weight is 724 g/mol. The number of aromatic nitrogens is 5. The van der Waals surface area contributed by atoms with E-state index in [9.17, 15) is 6.85 Å². The molecule has 0 fully saturated rings. The van der Waals surface area contributed by atoms with Crippen molar-refractivity contribution in [2.75, 3.05) is 0 Å². The monoisotopic (exact) mass is 723 g/mol. The molecule has 3 aromatic heterocycles. The minimum Gasteiger partial charge on any atom is -0.309 e. The predicted octanol–water partition coefficient (Wildman–Crippen LogP) is 12.7. The highest BCUT2D eigenvalue weighted by atomic mass is 15.2. The molecule has 8 aromatic carbocycles. The molecular weight excluding hydrogens is 683 g/mol. The van der Waals surface area contributed by atoms with Gasteiger partial charge in [0.15, 0.2) is 11.6 Å². The lowest BCUT2D eigenvalue weighted by atomic mass is 10.0. The normalized spacial score (nSPS) is 13.6. The van der Waals surface area contributed by atoms with Crippen molar-refractivity contribution in [3.05, 3.63) is 200 Å². The van der Waals surface area contributed by atoms with Crippen molar-refractivity contribution in [3.63, 3.8) is 0 Å². The number of hydrogen-bond donors (Lipinski definition) is 0. The first-order valence-corrected chi connectivity index (χ1v) is 18.2. The molecule has 0 bridgehead atoms. The van der Waals surface area contributed by atoms with Crippen LogP contribution < -0.4 is 0 Å². The van der Waals surface area contributed by atoms with Crippen LogP contribution in [0, 0.1) is 0 Å². The van der Waals surface area contributed by atoms with Gasteiger partial charge in [0.2, 0.25) is 5.95 Å². The van der Waals surface area contributed by atoms with Crippen LogP contribution in [0.4, 0.5) is 0 Å². The van der Waals surface area contributed by atoms with Gasteiger partial charge in [-0.25, -0.2) is 4.98 Å². The molecule has 0 N–H and O–H groups in total. The van der Waals surface area contributed by atoms with E-state index in [-0.39, 0.29) is 97.9 Å². The molecule has 0 aliphatic heterocycles. The maximum absolute atomic E-state index is 10.1. The highest BCUT2D eigenvalue weighted by Gasteiger charge is 2.21. The van der Waals surface area contributed by atoms with E-state index < -0.39 is 0 Å². The molecule has 5 nitrogen and oxygen atoms in total. The molecule has 0 atom stereocenters. The summed E-state index contributed by atoms with van der Waals surface area (Å²) >= 11 is 0. The molecule has 0 radical (unpaired) electrons. The summed E-state index contributed by atoms with van der Waals surface area (Å²) in [6, 6.07) is 45.8. The molecule has 0 saturated carbocycles. The topological polar surface area (TPSA) is 48.5 Å². The molecule has 0 unspecified atom stereocenters. The Hall–Kier alpha value is -7.63. The van der Waals surface area contributed by atoms with Gasteiger partial charge in [-0.15, -0.1) is 0 Å². The maximum Gasteiger partial charge on any atom is 0.238 e. The standard InChI is InChI=1S/C51H33N5/c1-4-15-34(16-5-1)36-27-29-37(30-28-36)49-52-50(39-20-14-19-38(31-39)35-17-6-2-7-18-35)54-51(53-49)56-46-26-13-11-24-42(46)44-32-47-43(33-48(44)56)41-23-10-12-25-45(41)55(47)40-21-8-3-9-22-40/h1-33H/i10D,11D,23D,24D,25D,26D,32D,33D. The Morgan fingerprint density at radius 2 is 0.839 bits per heavy atom. The second-order valence-corrected chi connectivity index (χ2v) is 13.4. The molecule has 11 aromatic rings. The fourth-order valence-corrected chi connectivity index (χ4v) is 7.47. The molecule has 262 valence electrons. The van der Waals surface area contributed by atoms with Crippen LogP contribution in [0.5, 0.6) is 0 Å². The van der Waals surface area contributed by atoms with Crippen molar-refractivity contribution in [1.82, 2.24) is 24.1 Å². The Kier molecular flexibility index (Phi) is 5.74. The lowest BCUT2D eigenvalue weighted by molar-refractivity contribution is 0.954. The number of nitrogens with zero attached hydrogens (tertiary/aromatic N) is 5. The fourth-order valence-electron chi connectivity index (χ4n) is 7.47. The second-order valence-electron chi connectivity index (χ2n) is 13.4. The molecule has 0 aliphatic rings. The van der Waals surface area contributed by atoms with Gasteiger partial charge in [0.1, 0.15) is 0 Å². The highest BCUT2D eigenvalue weighted by Crippen LogP contribution is 2.39. The second kappa shape index (κ2) is 13.0. The van der Waals surface area contributed by atoms with E-state index in [1.807, 2.05) is 127 Å². The van der Waals surface area contributed by atoms with Gasteiger partial charge in [0.25, 0.3) is 0 Å². The summed E-state index contributed by atoms with van der Waals surface area (Å²) in [5.41, 5.74) is 6.50. The van der Waals surface area contributed by atoms with Crippen LogP contribution in [-0.2, 0) is 0 Å². The molecule has 56 heavy (non-hydrogen) atoms. The van der Waals surface area contributed by atoms with Crippen molar-refractivity contribution < 1.29 is 11.0 Å². The Morgan fingerprint density at radius 3 is 1.48 bits per heavy atom. The van der Waals surface area contributed by atoms with E-state index in [4.69, 9.17) is 19.1 Å². The molecule has 5 heteroatoms. The summed E-state index contributed by atoms with van der Waals surface area (Å²) in [7, 11) is 0. The van der Waals surface area contributed by atoms with Gasteiger partial charge in [0.05, 0.1) is 33.0 Å². The molecule has 0 spiro atoms.